The quantitative estimate of drug-likeness (QED) is 0.684. The number of aromatic nitrogens is 3. The number of nitrogens with two attached hydrogens (primary N) is 1. The highest BCUT2D eigenvalue weighted by atomic mass is 35.5. The number of nitrogens with zero attached hydrogens (tertiary/aromatic N) is 3. The molecule has 3 N–H and O–H groups in total. The summed E-state index contributed by atoms with van der Waals surface area (Å²) in [5, 5.41) is 4.19. The van der Waals surface area contributed by atoms with Crippen molar-refractivity contribution in [3.8, 4) is 11.3 Å². The summed E-state index contributed by atoms with van der Waals surface area (Å²) < 4.78 is 0. The van der Waals surface area contributed by atoms with Crippen LogP contribution in [-0.2, 0) is 6.42 Å². The second-order valence-electron chi connectivity index (χ2n) is 5.14. The minimum atomic E-state index is 0.181. The van der Waals surface area contributed by atoms with Gasteiger partial charge in [-0.05, 0) is 13.0 Å². The van der Waals surface area contributed by atoms with Gasteiger partial charge in [-0.3, -0.25) is 0 Å². The van der Waals surface area contributed by atoms with E-state index in [1.807, 2.05) is 30.6 Å². The molecule has 24 heavy (non-hydrogen) atoms. The largest absolute Gasteiger partial charge is 0.370 e. The van der Waals surface area contributed by atoms with Crippen molar-refractivity contribution >= 4 is 46.3 Å². The molecule has 0 saturated heterocycles. The predicted molar refractivity (Wildman–Crippen MR) is 101 cm³/mol. The van der Waals surface area contributed by atoms with Crippen LogP contribution in [0.5, 0.6) is 0 Å². The Kier molecular flexibility index (Phi) is 5.18. The smallest absolute Gasteiger partial charge is 0.222 e. The summed E-state index contributed by atoms with van der Waals surface area (Å²) in [6, 6.07) is 7.21. The fourth-order valence-electron chi connectivity index (χ4n) is 2.27. The van der Waals surface area contributed by atoms with E-state index in [0.717, 1.165) is 24.2 Å². The van der Waals surface area contributed by atoms with Crippen molar-refractivity contribution < 1.29 is 0 Å². The first-order valence-electron chi connectivity index (χ1n) is 7.26. The van der Waals surface area contributed by atoms with Crippen LogP contribution in [0.3, 0.4) is 0 Å². The summed E-state index contributed by atoms with van der Waals surface area (Å²) >= 11 is 14.0. The topological polar surface area (TPSA) is 76.7 Å². The van der Waals surface area contributed by atoms with Crippen LogP contribution >= 0.6 is 34.5 Å². The van der Waals surface area contributed by atoms with Crippen LogP contribution < -0.4 is 11.1 Å². The Morgan fingerprint density at radius 2 is 2.08 bits per heavy atom. The summed E-state index contributed by atoms with van der Waals surface area (Å²) in [5.74, 6) is 0.829. The number of thiazole rings is 1. The van der Waals surface area contributed by atoms with E-state index in [9.17, 15) is 0 Å². The molecule has 0 atom stereocenters. The molecule has 0 bridgehead atoms. The third kappa shape index (κ3) is 3.77. The molecule has 3 rings (SSSR count). The summed E-state index contributed by atoms with van der Waals surface area (Å²) in [6.07, 6.45) is 0.869. The van der Waals surface area contributed by atoms with Gasteiger partial charge in [-0.1, -0.05) is 35.3 Å². The number of hydrogen-bond donors (Lipinski definition) is 2. The zero-order chi connectivity index (χ0) is 17.1. The van der Waals surface area contributed by atoms with Gasteiger partial charge < -0.3 is 11.1 Å². The summed E-state index contributed by atoms with van der Waals surface area (Å²) in [6.45, 7) is 2.73. The van der Waals surface area contributed by atoms with Gasteiger partial charge in [-0.15, -0.1) is 11.3 Å². The van der Waals surface area contributed by atoms with Gasteiger partial charge >= 0.3 is 0 Å². The lowest BCUT2D eigenvalue weighted by Crippen LogP contribution is -2.08. The average molecular weight is 380 g/mol. The maximum Gasteiger partial charge on any atom is 0.222 e. The Morgan fingerprint density at radius 1 is 1.25 bits per heavy atom. The van der Waals surface area contributed by atoms with Gasteiger partial charge in [0.2, 0.25) is 5.95 Å². The maximum absolute atomic E-state index is 6.26. The normalized spacial score (nSPS) is 10.8. The third-order valence-corrected chi connectivity index (χ3v) is 5.29. The molecule has 0 aliphatic heterocycles. The third-order valence-electron chi connectivity index (χ3n) is 3.47. The van der Waals surface area contributed by atoms with Crippen LogP contribution in [0, 0.1) is 6.92 Å². The number of halogens is 2. The highest BCUT2D eigenvalue weighted by Crippen LogP contribution is 2.33. The molecular weight excluding hydrogens is 365 g/mol. The molecule has 0 radical (unpaired) electrons. The molecule has 1 aromatic carbocycles. The Morgan fingerprint density at radius 3 is 2.83 bits per heavy atom. The van der Waals surface area contributed by atoms with E-state index < -0.39 is 0 Å². The van der Waals surface area contributed by atoms with E-state index in [4.69, 9.17) is 28.9 Å². The molecule has 8 heteroatoms. The first kappa shape index (κ1) is 17.0. The van der Waals surface area contributed by atoms with Crippen molar-refractivity contribution in [3.63, 3.8) is 0 Å². The van der Waals surface area contributed by atoms with E-state index in [1.54, 1.807) is 17.4 Å². The Labute approximate surface area is 153 Å². The first-order valence-corrected chi connectivity index (χ1v) is 8.90. The van der Waals surface area contributed by atoms with Gasteiger partial charge in [0, 0.05) is 29.5 Å². The van der Waals surface area contributed by atoms with Gasteiger partial charge in [-0.2, -0.15) is 4.98 Å². The van der Waals surface area contributed by atoms with Crippen LogP contribution in [-0.4, -0.2) is 21.5 Å². The van der Waals surface area contributed by atoms with E-state index in [1.165, 1.54) is 4.88 Å². The van der Waals surface area contributed by atoms with Crippen LogP contribution in [0.4, 0.5) is 11.8 Å². The number of rotatable bonds is 5. The molecule has 0 saturated carbocycles. The van der Waals surface area contributed by atoms with E-state index in [2.05, 4.69) is 20.3 Å². The molecule has 0 amide bonds. The zero-order valence-electron chi connectivity index (χ0n) is 12.9. The van der Waals surface area contributed by atoms with Crippen molar-refractivity contribution in [2.75, 3.05) is 17.6 Å². The first-order chi connectivity index (χ1) is 11.5. The van der Waals surface area contributed by atoms with Crippen LogP contribution in [0.1, 0.15) is 10.6 Å². The zero-order valence-corrected chi connectivity index (χ0v) is 15.2. The Hall–Kier alpha value is -1.89. The second kappa shape index (κ2) is 7.34. The summed E-state index contributed by atoms with van der Waals surface area (Å²) in [7, 11) is 0. The lowest BCUT2D eigenvalue weighted by Gasteiger charge is -2.10. The number of benzene rings is 1. The number of hydrogen-bond acceptors (Lipinski definition) is 6. The Bertz CT molecular complexity index is 865. The van der Waals surface area contributed by atoms with Crippen molar-refractivity contribution in [1.82, 2.24) is 15.0 Å². The molecule has 2 aromatic heterocycles. The number of nitrogen functional groups attached to an aromatic ring is 1. The van der Waals surface area contributed by atoms with Crippen LogP contribution in [0.2, 0.25) is 10.0 Å². The fourth-order valence-corrected chi connectivity index (χ4v) is 3.44. The van der Waals surface area contributed by atoms with Crippen molar-refractivity contribution in [2.24, 2.45) is 0 Å². The fraction of sp³-hybridized carbons (Fsp3) is 0.188. The van der Waals surface area contributed by atoms with Gasteiger partial charge in [0.05, 0.1) is 26.9 Å². The van der Waals surface area contributed by atoms with Gasteiger partial charge in [0.25, 0.3) is 0 Å². The molecule has 5 nitrogen and oxygen atoms in total. The SMILES string of the molecule is Cc1ncsc1CCNc1cc(-c2cccc(Cl)c2Cl)nc(N)n1. The van der Waals surface area contributed by atoms with Crippen molar-refractivity contribution in [3.05, 3.63) is 50.4 Å². The molecular formula is C16H15Cl2N5S. The van der Waals surface area contributed by atoms with Gasteiger partial charge in [0.15, 0.2) is 0 Å². The van der Waals surface area contributed by atoms with Crippen LogP contribution in [0.25, 0.3) is 11.3 Å². The lowest BCUT2D eigenvalue weighted by molar-refractivity contribution is 1.00. The lowest BCUT2D eigenvalue weighted by atomic mass is 10.1. The minimum absolute atomic E-state index is 0.181. The minimum Gasteiger partial charge on any atom is -0.370 e. The monoisotopic (exact) mass is 379 g/mol. The summed E-state index contributed by atoms with van der Waals surface area (Å²) in [4.78, 5) is 14.0. The van der Waals surface area contributed by atoms with E-state index in [0.29, 0.717) is 21.6 Å². The molecule has 0 spiro atoms. The average Bonchev–Trinajstić information content (AvgIpc) is 2.95. The highest BCUT2D eigenvalue weighted by Gasteiger charge is 2.11. The second-order valence-corrected chi connectivity index (χ2v) is 6.86. The molecule has 124 valence electrons. The maximum atomic E-state index is 6.26. The summed E-state index contributed by atoms with van der Waals surface area (Å²) in [5.41, 5.74) is 10.1. The van der Waals surface area contributed by atoms with Crippen LogP contribution in [0.15, 0.2) is 29.8 Å². The Balaban J connectivity index is 1.79. The number of nitrogens with one attached hydrogen (secondary N) is 1. The van der Waals surface area contributed by atoms with Crippen molar-refractivity contribution in [2.45, 2.75) is 13.3 Å². The molecule has 3 aromatic rings. The molecule has 0 fully saturated rings. The standard InChI is InChI=1S/C16H15Cl2N5S/c1-9-13(24-8-21-9)5-6-20-14-7-12(22-16(19)23-14)10-3-2-4-11(17)15(10)18/h2-4,7-8H,5-6H2,1H3,(H3,19,20,22,23). The number of aryl methyl sites for hydroxylation is 1. The van der Waals surface area contributed by atoms with Crippen molar-refractivity contribution in [1.29, 1.82) is 0 Å². The number of anilines is 2. The van der Waals surface area contributed by atoms with Gasteiger partial charge in [-0.25, -0.2) is 9.97 Å². The molecule has 0 unspecified atom stereocenters. The molecule has 0 aliphatic rings. The predicted octanol–water partition coefficient (Wildman–Crippen LogP) is 4.45. The highest BCUT2D eigenvalue weighted by molar-refractivity contribution is 7.09. The van der Waals surface area contributed by atoms with E-state index in [-0.39, 0.29) is 5.95 Å². The van der Waals surface area contributed by atoms with Gasteiger partial charge in [0.1, 0.15) is 5.82 Å². The van der Waals surface area contributed by atoms with E-state index >= 15 is 0 Å². The molecule has 0 aliphatic carbocycles. The molecule has 2 heterocycles.